The molecule has 1 heterocycles. The van der Waals surface area contributed by atoms with E-state index in [1.165, 1.54) is 19.4 Å². The fraction of sp³-hybridized carbons (Fsp3) is 0.154. The average Bonchev–Trinajstić information content (AvgIpc) is 2.42. The Kier molecular flexibility index (Phi) is 3.07. The predicted molar refractivity (Wildman–Crippen MR) is 71.4 cm³/mol. The molecule has 1 aliphatic heterocycles. The van der Waals surface area contributed by atoms with Crippen molar-refractivity contribution in [3.8, 4) is 11.8 Å². The normalized spacial score (nSPS) is 21.7. The van der Waals surface area contributed by atoms with E-state index >= 15 is 0 Å². The number of amides is 1. The van der Waals surface area contributed by atoms with Gasteiger partial charge in [0.05, 0.1) is 18.9 Å². The summed E-state index contributed by atoms with van der Waals surface area (Å²) in [6.45, 7) is 0. The smallest absolute Gasteiger partial charge is 0.284 e. The Balaban J connectivity index is 2.46. The zero-order valence-corrected chi connectivity index (χ0v) is 10.3. The molecule has 6 nitrogen and oxygen atoms in total. The molecule has 1 aromatic carbocycles. The third-order valence-electron chi connectivity index (χ3n) is 2.81. The third-order valence-corrected chi connectivity index (χ3v) is 2.81. The number of methoxy groups -OCH3 is 1. The van der Waals surface area contributed by atoms with Gasteiger partial charge in [-0.2, -0.15) is 5.26 Å². The predicted octanol–water partition coefficient (Wildman–Crippen LogP) is 0.493. The minimum atomic E-state index is -1.72. The molecule has 0 saturated carbocycles. The number of nitrogens with zero attached hydrogens (tertiary/aromatic N) is 2. The Labute approximate surface area is 110 Å². The summed E-state index contributed by atoms with van der Waals surface area (Å²) in [5.41, 5.74) is 11.5. The first-order valence-electron chi connectivity index (χ1n) is 5.45. The highest BCUT2D eigenvalue weighted by molar-refractivity contribution is 6.19. The van der Waals surface area contributed by atoms with Crippen molar-refractivity contribution in [2.24, 2.45) is 10.7 Å². The molecule has 2 rings (SSSR count). The van der Waals surface area contributed by atoms with E-state index in [1.54, 1.807) is 24.3 Å². The fourth-order valence-electron chi connectivity index (χ4n) is 1.73. The maximum absolute atomic E-state index is 11.5. The van der Waals surface area contributed by atoms with E-state index in [0.717, 1.165) is 0 Å². The van der Waals surface area contributed by atoms with Gasteiger partial charge in [0.15, 0.2) is 0 Å². The molecule has 0 bridgehead atoms. The zero-order valence-electron chi connectivity index (χ0n) is 10.3. The summed E-state index contributed by atoms with van der Waals surface area (Å²) >= 11 is 0. The van der Waals surface area contributed by atoms with Crippen molar-refractivity contribution in [3.63, 3.8) is 0 Å². The number of benzene rings is 1. The third kappa shape index (κ3) is 2.19. The summed E-state index contributed by atoms with van der Waals surface area (Å²) in [6, 6.07) is 6.87. The number of hydrogen-bond donors (Lipinski definition) is 2. The molecule has 1 unspecified atom stereocenters. The van der Waals surface area contributed by atoms with Crippen LogP contribution in [0.15, 0.2) is 29.3 Å². The second-order valence-corrected chi connectivity index (χ2v) is 4.10. The van der Waals surface area contributed by atoms with Crippen LogP contribution in [-0.4, -0.2) is 24.8 Å². The van der Waals surface area contributed by atoms with E-state index in [-0.39, 0.29) is 0 Å². The van der Waals surface area contributed by atoms with Crippen LogP contribution in [0, 0.1) is 11.3 Å². The molecule has 0 spiro atoms. The number of allylic oxidation sites excluding steroid dienone is 1. The summed E-state index contributed by atoms with van der Waals surface area (Å²) in [5, 5.41) is 8.96. The topological polar surface area (TPSA) is 114 Å². The molecule has 6 heteroatoms. The number of dihydropyridines is 1. The van der Waals surface area contributed by atoms with E-state index in [2.05, 4.69) is 4.99 Å². The van der Waals surface area contributed by atoms with Gasteiger partial charge in [-0.05, 0) is 29.3 Å². The monoisotopic (exact) mass is 256 g/mol. The number of nitrogen functional groups attached to an aromatic ring is 1. The number of anilines is 1. The maximum atomic E-state index is 11.5. The molecule has 96 valence electrons. The van der Waals surface area contributed by atoms with Crippen LogP contribution in [0.25, 0.3) is 5.57 Å². The van der Waals surface area contributed by atoms with Gasteiger partial charge in [0.25, 0.3) is 5.91 Å². The van der Waals surface area contributed by atoms with E-state index in [0.29, 0.717) is 22.6 Å². The molecule has 1 amide bonds. The van der Waals surface area contributed by atoms with Crippen LogP contribution in [0.3, 0.4) is 0 Å². The number of carbonyl (C=O) groups excluding carboxylic acids is 1. The molecule has 4 N–H and O–H groups in total. The van der Waals surface area contributed by atoms with Crippen molar-refractivity contribution >= 4 is 23.4 Å². The molecule has 0 radical (unpaired) electrons. The standard InChI is InChI=1S/C13H12N4O2/c1-19-11-3-2-8(4-10(11)15)9-5-13(16,7-14)12(18)17-6-9/h2-6H,15-16H2,1H3. The summed E-state index contributed by atoms with van der Waals surface area (Å²) in [4.78, 5) is 15.1. The summed E-state index contributed by atoms with van der Waals surface area (Å²) in [6.07, 6.45) is 2.75. The Morgan fingerprint density at radius 3 is 2.79 bits per heavy atom. The van der Waals surface area contributed by atoms with Crippen molar-refractivity contribution in [2.75, 3.05) is 12.8 Å². The lowest BCUT2D eigenvalue weighted by atomic mass is 9.93. The van der Waals surface area contributed by atoms with Gasteiger partial charge in [-0.15, -0.1) is 0 Å². The van der Waals surface area contributed by atoms with Gasteiger partial charge < -0.3 is 16.2 Å². The number of nitriles is 1. The first-order valence-corrected chi connectivity index (χ1v) is 5.45. The number of hydrogen-bond acceptors (Lipinski definition) is 5. The molecule has 1 atom stereocenters. The highest BCUT2D eigenvalue weighted by atomic mass is 16.5. The van der Waals surface area contributed by atoms with Gasteiger partial charge >= 0.3 is 0 Å². The molecular formula is C13H12N4O2. The summed E-state index contributed by atoms with van der Waals surface area (Å²) in [7, 11) is 1.52. The van der Waals surface area contributed by atoms with Gasteiger partial charge in [-0.1, -0.05) is 6.07 Å². The van der Waals surface area contributed by atoms with Gasteiger partial charge in [0.1, 0.15) is 5.75 Å². The maximum Gasteiger partial charge on any atom is 0.284 e. The minimum absolute atomic E-state index is 0.450. The van der Waals surface area contributed by atoms with E-state index in [1.807, 2.05) is 0 Å². The van der Waals surface area contributed by atoms with Crippen LogP contribution in [0.4, 0.5) is 5.69 Å². The van der Waals surface area contributed by atoms with Crippen LogP contribution in [0.1, 0.15) is 5.56 Å². The summed E-state index contributed by atoms with van der Waals surface area (Å²) < 4.78 is 5.06. The Hall–Kier alpha value is -2.65. The lowest BCUT2D eigenvalue weighted by Gasteiger charge is -2.18. The highest BCUT2D eigenvalue weighted by Crippen LogP contribution is 2.27. The molecule has 1 aliphatic rings. The van der Waals surface area contributed by atoms with Gasteiger partial charge in [-0.3, -0.25) is 4.79 Å². The van der Waals surface area contributed by atoms with Gasteiger partial charge in [-0.25, -0.2) is 4.99 Å². The second-order valence-electron chi connectivity index (χ2n) is 4.10. The number of aliphatic imine (C=N–C) groups is 1. The first kappa shape index (κ1) is 12.8. The highest BCUT2D eigenvalue weighted by Gasteiger charge is 2.34. The molecule has 1 aromatic rings. The van der Waals surface area contributed by atoms with Crippen molar-refractivity contribution in [3.05, 3.63) is 29.8 Å². The van der Waals surface area contributed by atoms with E-state index in [4.69, 9.17) is 21.5 Å². The second kappa shape index (κ2) is 4.55. The van der Waals surface area contributed by atoms with Crippen LogP contribution in [-0.2, 0) is 4.79 Å². The number of carbonyl (C=O) groups is 1. The molecule has 19 heavy (non-hydrogen) atoms. The number of nitrogens with two attached hydrogens (primary N) is 2. The fourth-order valence-corrected chi connectivity index (χ4v) is 1.73. The SMILES string of the molecule is COc1ccc(C2=CC(N)(C#N)C(=O)N=C2)cc1N. The lowest BCUT2D eigenvalue weighted by Crippen LogP contribution is -2.45. The largest absolute Gasteiger partial charge is 0.495 e. The lowest BCUT2D eigenvalue weighted by molar-refractivity contribution is -0.119. The van der Waals surface area contributed by atoms with Crippen LogP contribution < -0.4 is 16.2 Å². The zero-order chi connectivity index (χ0) is 14.0. The van der Waals surface area contributed by atoms with Crippen molar-refractivity contribution in [2.45, 2.75) is 5.54 Å². The Bertz CT molecular complexity index is 643. The first-order chi connectivity index (χ1) is 9.00. The van der Waals surface area contributed by atoms with E-state index < -0.39 is 11.4 Å². The van der Waals surface area contributed by atoms with Crippen LogP contribution >= 0.6 is 0 Å². The number of rotatable bonds is 2. The molecule has 0 fully saturated rings. The van der Waals surface area contributed by atoms with Crippen molar-refractivity contribution in [1.29, 1.82) is 5.26 Å². The minimum Gasteiger partial charge on any atom is -0.495 e. The average molecular weight is 256 g/mol. The molecular weight excluding hydrogens is 244 g/mol. The van der Waals surface area contributed by atoms with Gasteiger partial charge in [0, 0.05) is 6.21 Å². The molecule has 0 aliphatic carbocycles. The number of ether oxygens (including phenoxy) is 1. The quantitative estimate of drug-likeness (QED) is 0.747. The Morgan fingerprint density at radius 1 is 1.47 bits per heavy atom. The summed E-state index contributed by atoms with van der Waals surface area (Å²) in [5.74, 6) is -0.132. The van der Waals surface area contributed by atoms with Crippen LogP contribution in [0.2, 0.25) is 0 Å². The van der Waals surface area contributed by atoms with Crippen molar-refractivity contribution < 1.29 is 9.53 Å². The molecule has 0 saturated heterocycles. The molecule has 0 aromatic heterocycles. The van der Waals surface area contributed by atoms with Crippen LogP contribution in [0.5, 0.6) is 5.75 Å². The van der Waals surface area contributed by atoms with Crippen molar-refractivity contribution in [1.82, 2.24) is 0 Å². The Morgan fingerprint density at radius 2 is 2.21 bits per heavy atom. The van der Waals surface area contributed by atoms with Gasteiger partial charge in [0.2, 0.25) is 5.54 Å². The van der Waals surface area contributed by atoms with E-state index in [9.17, 15) is 4.79 Å².